The van der Waals surface area contributed by atoms with Gasteiger partial charge in [-0.2, -0.15) is 5.10 Å². The van der Waals surface area contributed by atoms with Gasteiger partial charge in [0.2, 0.25) is 0 Å². The number of benzene rings is 2. The second-order valence-corrected chi connectivity index (χ2v) is 7.85. The molecule has 2 rings (SSSR count). The first-order valence-electron chi connectivity index (χ1n) is 8.70. The van der Waals surface area contributed by atoms with Gasteiger partial charge in [0.15, 0.2) is 11.5 Å². The highest BCUT2D eigenvalue weighted by Crippen LogP contribution is 2.36. The molecule has 1 amide bonds. The van der Waals surface area contributed by atoms with Crippen LogP contribution in [0.3, 0.4) is 0 Å². The van der Waals surface area contributed by atoms with Crippen LogP contribution >= 0.6 is 15.9 Å². The standard InChI is InChI=1S/C21H25BrN2O3/c1-6-27-19-17(22)11-14(12-18(19)26-5)13-23-24-20(25)15-7-9-16(10-8-15)21(2,3)4/h7-13H,6H2,1-5H3,(H,24,25)/b23-13+. The van der Waals surface area contributed by atoms with Gasteiger partial charge in [-0.1, -0.05) is 32.9 Å². The van der Waals surface area contributed by atoms with E-state index < -0.39 is 0 Å². The molecule has 0 aliphatic heterocycles. The molecule has 5 nitrogen and oxygen atoms in total. The first-order chi connectivity index (χ1) is 12.8. The van der Waals surface area contributed by atoms with Crippen molar-refractivity contribution in [3.63, 3.8) is 0 Å². The molecule has 0 radical (unpaired) electrons. The minimum atomic E-state index is -0.260. The van der Waals surface area contributed by atoms with Gasteiger partial charge in [-0.05, 0) is 63.7 Å². The molecule has 0 heterocycles. The summed E-state index contributed by atoms with van der Waals surface area (Å²) < 4.78 is 11.7. The molecule has 2 aromatic rings. The maximum Gasteiger partial charge on any atom is 0.271 e. The molecule has 0 bridgehead atoms. The van der Waals surface area contributed by atoms with Gasteiger partial charge in [-0.3, -0.25) is 4.79 Å². The molecule has 0 aliphatic rings. The molecule has 0 unspecified atom stereocenters. The second kappa shape index (κ2) is 9.04. The molecular weight excluding hydrogens is 408 g/mol. The third kappa shape index (κ3) is 5.57. The number of nitrogens with one attached hydrogen (secondary N) is 1. The Kier molecular flexibility index (Phi) is 7.02. The molecule has 0 saturated heterocycles. The van der Waals surface area contributed by atoms with Gasteiger partial charge in [0.25, 0.3) is 5.91 Å². The Hall–Kier alpha value is -2.34. The fourth-order valence-electron chi connectivity index (χ4n) is 2.45. The van der Waals surface area contributed by atoms with Gasteiger partial charge in [0, 0.05) is 5.56 Å². The molecule has 27 heavy (non-hydrogen) atoms. The number of methoxy groups -OCH3 is 1. The lowest BCUT2D eigenvalue weighted by Crippen LogP contribution is -2.18. The first-order valence-corrected chi connectivity index (χ1v) is 9.49. The Bertz CT molecular complexity index is 825. The normalized spacial score (nSPS) is 11.5. The summed E-state index contributed by atoms with van der Waals surface area (Å²) in [5.74, 6) is 0.973. The molecule has 2 aromatic carbocycles. The zero-order valence-corrected chi connectivity index (χ0v) is 17.9. The van der Waals surface area contributed by atoms with Gasteiger partial charge in [0.05, 0.1) is 24.4 Å². The highest BCUT2D eigenvalue weighted by atomic mass is 79.9. The van der Waals surface area contributed by atoms with Crippen molar-refractivity contribution < 1.29 is 14.3 Å². The van der Waals surface area contributed by atoms with Crippen molar-refractivity contribution in [1.82, 2.24) is 5.43 Å². The summed E-state index contributed by atoms with van der Waals surface area (Å²) >= 11 is 3.47. The molecule has 0 saturated carbocycles. The van der Waals surface area contributed by atoms with E-state index in [2.05, 4.69) is 47.2 Å². The van der Waals surface area contributed by atoms with E-state index in [1.165, 1.54) is 5.56 Å². The summed E-state index contributed by atoms with van der Waals surface area (Å²) in [5.41, 5.74) is 5.10. The number of rotatable bonds is 6. The molecule has 0 aromatic heterocycles. The minimum Gasteiger partial charge on any atom is -0.493 e. The summed E-state index contributed by atoms with van der Waals surface area (Å²) in [6.45, 7) is 8.85. The summed E-state index contributed by atoms with van der Waals surface area (Å²) in [5, 5.41) is 4.04. The Morgan fingerprint density at radius 2 is 1.89 bits per heavy atom. The SMILES string of the molecule is CCOc1c(Br)cc(/C=N/NC(=O)c2ccc(C(C)(C)C)cc2)cc1OC. The average molecular weight is 433 g/mol. The predicted molar refractivity (Wildman–Crippen MR) is 112 cm³/mol. The topological polar surface area (TPSA) is 59.9 Å². The van der Waals surface area contributed by atoms with Crippen molar-refractivity contribution in [2.24, 2.45) is 5.10 Å². The first kappa shape index (κ1) is 21.0. The zero-order valence-electron chi connectivity index (χ0n) is 16.3. The highest BCUT2D eigenvalue weighted by Gasteiger charge is 2.14. The number of halogens is 1. The van der Waals surface area contributed by atoms with Gasteiger partial charge < -0.3 is 9.47 Å². The Labute approximate surface area is 168 Å². The number of amides is 1. The average Bonchev–Trinajstić information content (AvgIpc) is 2.63. The Balaban J connectivity index is 2.08. The lowest BCUT2D eigenvalue weighted by Gasteiger charge is -2.18. The van der Waals surface area contributed by atoms with E-state index in [9.17, 15) is 4.79 Å². The zero-order chi connectivity index (χ0) is 20.0. The van der Waals surface area contributed by atoms with Crippen LogP contribution in [-0.2, 0) is 5.41 Å². The second-order valence-electron chi connectivity index (χ2n) is 6.99. The van der Waals surface area contributed by atoms with Crippen molar-refractivity contribution in [2.45, 2.75) is 33.1 Å². The fraction of sp³-hybridized carbons (Fsp3) is 0.333. The summed E-state index contributed by atoms with van der Waals surface area (Å²) in [6, 6.07) is 11.2. The predicted octanol–water partition coefficient (Wildman–Crippen LogP) is 4.92. The lowest BCUT2D eigenvalue weighted by atomic mass is 9.87. The van der Waals surface area contributed by atoms with Gasteiger partial charge in [0.1, 0.15) is 0 Å². The van der Waals surface area contributed by atoms with Crippen molar-refractivity contribution in [1.29, 1.82) is 0 Å². The van der Waals surface area contributed by atoms with Crippen LogP contribution in [0, 0.1) is 0 Å². The quantitative estimate of drug-likeness (QED) is 0.520. The third-order valence-corrected chi connectivity index (χ3v) is 4.52. The number of hydrazone groups is 1. The van der Waals surface area contributed by atoms with Crippen LogP contribution in [0.1, 0.15) is 49.2 Å². The van der Waals surface area contributed by atoms with E-state index >= 15 is 0 Å². The molecule has 1 N–H and O–H groups in total. The van der Waals surface area contributed by atoms with Crippen LogP contribution in [0.2, 0.25) is 0 Å². The van der Waals surface area contributed by atoms with Gasteiger partial charge in [-0.15, -0.1) is 0 Å². The Morgan fingerprint density at radius 3 is 2.44 bits per heavy atom. The molecule has 0 spiro atoms. The van der Waals surface area contributed by atoms with E-state index in [4.69, 9.17) is 9.47 Å². The molecule has 0 fully saturated rings. The molecule has 6 heteroatoms. The van der Waals surface area contributed by atoms with Crippen molar-refractivity contribution in [2.75, 3.05) is 13.7 Å². The number of hydrogen-bond acceptors (Lipinski definition) is 4. The van der Waals surface area contributed by atoms with Crippen molar-refractivity contribution >= 4 is 28.1 Å². The van der Waals surface area contributed by atoms with Crippen LogP contribution in [0.15, 0.2) is 46.0 Å². The Morgan fingerprint density at radius 1 is 1.22 bits per heavy atom. The van der Waals surface area contributed by atoms with E-state index in [0.717, 1.165) is 10.0 Å². The van der Waals surface area contributed by atoms with Crippen LogP contribution in [0.5, 0.6) is 11.5 Å². The van der Waals surface area contributed by atoms with Crippen molar-refractivity contribution in [3.8, 4) is 11.5 Å². The van der Waals surface area contributed by atoms with E-state index in [1.807, 2.05) is 37.3 Å². The van der Waals surface area contributed by atoms with Crippen LogP contribution in [0.4, 0.5) is 0 Å². The third-order valence-electron chi connectivity index (χ3n) is 3.93. The lowest BCUT2D eigenvalue weighted by molar-refractivity contribution is 0.0955. The molecule has 0 aliphatic carbocycles. The molecule has 0 atom stereocenters. The number of ether oxygens (including phenoxy) is 2. The molecular formula is C21H25BrN2O3. The smallest absolute Gasteiger partial charge is 0.271 e. The fourth-order valence-corrected chi connectivity index (χ4v) is 3.02. The van der Waals surface area contributed by atoms with Crippen molar-refractivity contribution in [3.05, 3.63) is 57.6 Å². The number of hydrogen-bond donors (Lipinski definition) is 1. The van der Waals surface area contributed by atoms with E-state index in [0.29, 0.717) is 23.7 Å². The number of nitrogens with zero attached hydrogens (tertiary/aromatic N) is 1. The molecule has 144 valence electrons. The van der Waals surface area contributed by atoms with Crippen LogP contribution < -0.4 is 14.9 Å². The van der Waals surface area contributed by atoms with Crippen LogP contribution in [-0.4, -0.2) is 25.8 Å². The largest absolute Gasteiger partial charge is 0.493 e. The minimum absolute atomic E-state index is 0.0489. The maximum atomic E-state index is 12.2. The summed E-state index contributed by atoms with van der Waals surface area (Å²) in [4.78, 5) is 12.2. The number of carbonyl (C=O) groups is 1. The monoisotopic (exact) mass is 432 g/mol. The summed E-state index contributed by atoms with van der Waals surface area (Å²) in [6.07, 6.45) is 1.56. The summed E-state index contributed by atoms with van der Waals surface area (Å²) in [7, 11) is 1.58. The van der Waals surface area contributed by atoms with Gasteiger partial charge in [-0.25, -0.2) is 5.43 Å². The highest BCUT2D eigenvalue weighted by molar-refractivity contribution is 9.10. The maximum absolute atomic E-state index is 12.2. The van der Waals surface area contributed by atoms with E-state index in [1.54, 1.807) is 19.4 Å². The number of carbonyl (C=O) groups excluding carboxylic acids is 1. The van der Waals surface area contributed by atoms with E-state index in [-0.39, 0.29) is 11.3 Å². The van der Waals surface area contributed by atoms with Crippen LogP contribution in [0.25, 0.3) is 0 Å². The van der Waals surface area contributed by atoms with Gasteiger partial charge >= 0.3 is 0 Å².